The number of carbonyl (C=O) groups excluding carboxylic acids is 3. The Bertz CT molecular complexity index is 794. The van der Waals surface area contributed by atoms with Gasteiger partial charge >= 0.3 is 0 Å². The van der Waals surface area contributed by atoms with Gasteiger partial charge in [0.25, 0.3) is 5.91 Å². The van der Waals surface area contributed by atoms with Gasteiger partial charge in [0.05, 0.1) is 0 Å². The van der Waals surface area contributed by atoms with Gasteiger partial charge in [0, 0.05) is 31.6 Å². The summed E-state index contributed by atoms with van der Waals surface area (Å²) in [7, 11) is 0. The Hall–Kier alpha value is -2.25. The molecule has 0 radical (unpaired) electrons. The molecular weight excluding hydrogens is 356 g/mol. The number of nitrogens with two attached hydrogens (primary N) is 1. The largest absolute Gasteiger partial charge is 0.330 e. The zero-order valence-electron chi connectivity index (χ0n) is 16.2. The van der Waals surface area contributed by atoms with E-state index in [1.165, 1.54) is 19.3 Å². The van der Waals surface area contributed by atoms with Gasteiger partial charge in [-0.05, 0) is 55.5 Å². The van der Waals surface area contributed by atoms with Crippen LogP contribution in [-0.4, -0.2) is 53.2 Å². The summed E-state index contributed by atoms with van der Waals surface area (Å²) in [6, 6.07) is 5.30. The second kappa shape index (κ2) is 8.01. The van der Waals surface area contributed by atoms with Gasteiger partial charge in [-0.2, -0.15) is 0 Å². The third-order valence-electron chi connectivity index (χ3n) is 6.26. The van der Waals surface area contributed by atoms with Gasteiger partial charge < -0.3 is 10.6 Å². The molecule has 3 heterocycles. The van der Waals surface area contributed by atoms with Crippen LogP contribution in [0.1, 0.15) is 53.6 Å². The van der Waals surface area contributed by atoms with Crippen molar-refractivity contribution in [3.8, 4) is 0 Å². The lowest BCUT2D eigenvalue weighted by Gasteiger charge is -2.29. The van der Waals surface area contributed by atoms with Crippen molar-refractivity contribution >= 4 is 17.7 Å². The molecule has 2 atom stereocenters. The lowest BCUT2D eigenvalue weighted by molar-refractivity contribution is -0.136. The first-order valence-corrected chi connectivity index (χ1v) is 10.2. The normalized spacial score (nSPS) is 26.2. The fourth-order valence-corrected chi connectivity index (χ4v) is 4.69. The molecule has 0 spiro atoms. The van der Waals surface area contributed by atoms with Gasteiger partial charge in [-0.15, -0.1) is 0 Å². The molecule has 4 rings (SSSR count). The average molecular weight is 384 g/mol. The third-order valence-corrected chi connectivity index (χ3v) is 6.26. The Morgan fingerprint density at radius 1 is 1.14 bits per heavy atom. The molecule has 1 aromatic carbocycles. The maximum absolute atomic E-state index is 13.0. The number of likely N-dealkylation sites (tertiary alicyclic amines) is 1. The van der Waals surface area contributed by atoms with E-state index < -0.39 is 6.04 Å². The molecule has 3 aliphatic rings. The molecule has 0 bridgehead atoms. The number of carbonyl (C=O) groups is 3. The zero-order chi connectivity index (χ0) is 19.7. The molecular formula is C21H28N4O3. The van der Waals surface area contributed by atoms with Gasteiger partial charge in [-0.3, -0.25) is 24.6 Å². The zero-order valence-corrected chi connectivity index (χ0v) is 16.2. The highest BCUT2D eigenvalue weighted by Gasteiger charge is 2.39. The van der Waals surface area contributed by atoms with Crippen molar-refractivity contribution < 1.29 is 14.4 Å². The van der Waals surface area contributed by atoms with E-state index in [0.29, 0.717) is 31.0 Å². The molecule has 3 N–H and O–H groups in total. The molecule has 3 amide bonds. The summed E-state index contributed by atoms with van der Waals surface area (Å²) >= 11 is 0. The van der Waals surface area contributed by atoms with Crippen LogP contribution in [0.25, 0.3) is 0 Å². The third kappa shape index (κ3) is 3.69. The number of imide groups is 1. The summed E-state index contributed by atoms with van der Waals surface area (Å²) < 4.78 is 0. The number of nitrogens with one attached hydrogen (secondary N) is 1. The fourth-order valence-electron chi connectivity index (χ4n) is 4.69. The monoisotopic (exact) mass is 384 g/mol. The van der Waals surface area contributed by atoms with E-state index in [0.717, 1.165) is 30.8 Å². The topological polar surface area (TPSA) is 95.7 Å². The summed E-state index contributed by atoms with van der Waals surface area (Å²) in [6.07, 6.45) is 4.24. The molecule has 2 unspecified atom stereocenters. The van der Waals surface area contributed by atoms with Gasteiger partial charge in [0.15, 0.2) is 0 Å². The van der Waals surface area contributed by atoms with Crippen molar-refractivity contribution in [2.75, 3.05) is 19.6 Å². The van der Waals surface area contributed by atoms with E-state index in [9.17, 15) is 14.4 Å². The Labute approximate surface area is 165 Å². The van der Waals surface area contributed by atoms with Crippen molar-refractivity contribution in [1.82, 2.24) is 15.1 Å². The minimum absolute atomic E-state index is 0.109. The molecule has 1 aromatic rings. The number of amides is 3. The molecule has 0 aliphatic carbocycles. The van der Waals surface area contributed by atoms with Crippen LogP contribution in [0, 0.1) is 5.92 Å². The summed E-state index contributed by atoms with van der Waals surface area (Å²) in [4.78, 5) is 40.7. The molecule has 0 saturated carbocycles. The van der Waals surface area contributed by atoms with Crippen LogP contribution in [-0.2, 0) is 22.7 Å². The number of hydrogen-bond acceptors (Lipinski definition) is 5. The SMILES string of the molecule is NCC1CCCCN(Cc2cccc3c2CN(C2CCC(=O)NC2=O)C3=O)C1. The second-order valence-electron chi connectivity index (χ2n) is 8.18. The van der Waals surface area contributed by atoms with E-state index in [1.54, 1.807) is 4.90 Å². The molecule has 150 valence electrons. The predicted molar refractivity (Wildman–Crippen MR) is 104 cm³/mol. The van der Waals surface area contributed by atoms with E-state index in [-0.39, 0.29) is 24.1 Å². The first-order chi connectivity index (χ1) is 13.6. The van der Waals surface area contributed by atoms with E-state index in [4.69, 9.17) is 5.73 Å². The van der Waals surface area contributed by atoms with Crippen LogP contribution in [0.15, 0.2) is 18.2 Å². The highest BCUT2D eigenvalue weighted by atomic mass is 16.2. The molecule has 2 saturated heterocycles. The molecule has 28 heavy (non-hydrogen) atoms. The lowest BCUT2D eigenvalue weighted by Crippen LogP contribution is -2.52. The Kier molecular flexibility index (Phi) is 5.46. The first kappa shape index (κ1) is 19.1. The van der Waals surface area contributed by atoms with Crippen LogP contribution in [0.3, 0.4) is 0 Å². The van der Waals surface area contributed by atoms with Crippen LogP contribution >= 0.6 is 0 Å². The van der Waals surface area contributed by atoms with Crippen molar-refractivity contribution in [3.05, 3.63) is 34.9 Å². The van der Waals surface area contributed by atoms with Gasteiger partial charge in [-0.1, -0.05) is 18.6 Å². The van der Waals surface area contributed by atoms with Crippen molar-refractivity contribution in [3.63, 3.8) is 0 Å². The number of piperidine rings is 1. The minimum atomic E-state index is -0.565. The second-order valence-corrected chi connectivity index (χ2v) is 8.18. The minimum Gasteiger partial charge on any atom is -0.330 e. The van der Waals surface area contributed by atoms with E-state index in [1.807, 2.05) is 12.1 Å². The lowest BCUT2D eigenvalue weighted by atomic mass is 10.0. The fraction of sp³-hybridized carbons (Fsp3) is 0.571. The number of hydrogen-bond donors (Lipinski definition) is 2. The molecule has 0 aromatic heterocycles. The van der Waals surface area contributed by atoms with Crippen LogP contribution in [0.2, 0.25) is 0 Å². The number of rotatable bonds is 4. The maximum Gasteiger partial charge on any atom is 0.255 e. The van der Waals surface area contributed by atoms with E-state index in [2.05, 4.69) is 16.3 Å². The quantitative estimate of drug-likeness (QED) is 0.756. The predicted octanol–water partition coefficient (Wildman–Crippen LogP) is 1.01. The smallest absolute Gasteiger partial charge is 0.255 e. The van der Waals surface area contributed by atoms with E-state index >= 15 is 0 Å². The highest BCUT2D eigenvalue weighted by Crippen LogP contribution is 2.31. The van der Waals surface area contributed by atoms with Crippen LogP contribution in [0.4, 0.5) is 0 Å². The van der Waals surface area contributed by atoms with Gasteiger partial charge in [0.1, 0.15) is 6.04 Å². The van der Waals surface area contributed by atoms with Crippen LogP contribution < -0.4 is 11.1 Å². The van der Waals surface area contributed by atoms with Crippen molar-refractivity contribution in [2.45, 2.75) is 51.2 Å². The molecule has 3 aliphatic heterocycles. The number of fused-ring (bicyclic) bond motifs is 1. The van der Waals surface area contributed by atoms with Gasteiger partial charge in [-0.25, -0.2) is 0 Å². The van der Waals surface area contributed by atoms with Crippen molar-refractivity contribution in [2.24, 2.45) is 11.7 Å². The average Bonchev–Trinajstić information content (AvgIpc) is 2.87. The maximum atomic E-state index is 13.0. The molecule has 7 nitrogen and oxygen atoms in total. The van der Waals surface area contributed by atoms with Gasteiger partial charge in [0.2, 0.25) is 11.8 Å². The Balaban J connectivity index is 1.53. The summed E-state index contributed by atoms with van der Waals surface area (Å²) in [6.45, 7) is 3.99. The number of benzene rings is 1. The molecule has 7 heteroatoms. The highest BCUT2D eigenvalue weighted by molar-refractivity contribution is 6.05. The van der Waals surface area contributed by atoms with Crippen LogP contribution in [0.5, 0.6) is 0 Å². The molecule has 2 fully saturated rings. The Morgan fingerprint density at radius 3 is 2.79 bits per heavy atom. The summed E-state index contributed by atoms with van der Waals surface area (Å²) in [5.74, 6) is -0.207. The van der Waals surface area contributed by atoms with Crippen molar-refractivity contribution in [1.29, 1.82) is 0 Å². The first-order valence-electron chi connectivity index (χ1n) is 10.2. The summed E-state index contributed by atoms with van der Waals surface area (Å²) in [5.41, 5.74) is 8.78. The standard InChI is InChI=1S/C21H28N4O3/c22-10-14-4-1-2-9-24(11-14)12-15-5-3-6-16-17(15)13-25(21(16)28)18-7-8-19(26)23-20(18)27/h3,5-6,14,18H,1-2,4,7-13,22H2,(H,23,26,27). The Morgan fingerprint density at radius 2 is 2.00 bits per heavy atom. The number of nitrogens with zero attached hydrogens (tertiary/aromatic N) is 2. The summed E-state index contributed by atoms with van der Waals surface area (Å²) in [5, 5.41) is 2.36.